The summed E-state index contributed by atoms with van der Waals surface area (Å²) in [6, 6.07) is 18.3. The zero-order chi connectivity index (χ0) is 28.3. The Kier molecular flexibility index (Phi) is 8.98. The van der Waals surface area contributed by atoms with E-state index < -0.39 is 0 Å². The Morgan fingerprint density at radius 2 is 1.83 bits per heavy atom. The molecule has 7 nitrogen and oxygen atoms in total. The molecule has 0 amide bonds. The van der Waals surface area contributed by atoms with Crippen LogP contribution in [0.2, 0.25) is 0 Å². The molecule has 218 valence electrons. The minimum atomic E-state index is -0.0786. The summed E-state index contributed by atoms with van der Waals surface area (Å²) >= 11 is 3.58. The molecule has 6 rings (SSSR count). The number of piperidine rings is 1. The number of aromatic amines is 1. The number of H-pyrrole nitrogens is 1. The van der Waals surface area contributed by atoms with E-state index in [1.165, 1.54) is 38.8 Å². The Bertz CT molecular complexity index is 1410. The summed E-state index contributed by atoms with van der Waals surface area (Å²) in [6.07, 6.45) is 3.85. The number of anilines is 2. The van der Waals surface area contributed by atoms with Crippen LogP contribution in [0.3, 0.4) is 0 Å². The number of nitrogens with one attached hydrogen (secondary N) is 2. The van der Waals surface area contributed by atoms with E-state index >= 15 is 0 Å². The second kappa shape index (κ2) is 12.8. The molecule has 41 heavy (non-hydrogen) atoms. The summed E-state index contributed by atoms with van der Waals surface area (Å²) < 4.78 is 11.1. The SMILES string of the molecule is COC[C@H](CN1[C@H](C)CCC[C@@H]1C)Nc1ccc2c(c1)Sc1cccc(-c3cc(N4CCOCC4)cc(=O)[nH]3)c1S2. The van der Waals surface area contributed by atoms with Crippen molar-refractivity contribution in [1.29, 1.82) is 0 Å². The van der Waals surface area contributed by atoms with Crippen molar-refractivity contribution in [2.45, 2.75) is 70.8 Å². The second-order valence-corrected chi connectivity index (χ2v) is 13.5. The predicted molar refractivity (Wildman–Crippen MR) is 169 cm³/mol. The van der Waals surface area contributed by atoms with Gasteiger partial charge in [-0.2, -0.15) is 0 Å². The number of morpholine rings is 1. The molecule has 9 heteroatoms. The number of rotatable bonds is 8. The largest absolute Gasteiger partial charge is 0.383 e. The summed E-state index contributed by atoms with van der Waals surface area (Å²) in [6.45, 7) is 9.32. The number of hydrogen-bond donors (Lipinski definition) is 2. The summed E-state index contributed by atoms with van der Waals surface area (Å²) in [7, 11) is 1.79. The number of methoxy groups -OCH3 is 1. The summed E-state index contributed by atoms with van der Waals surface area (Å²) in [5.74, 6) is 0. The summed E-state index contributed by atoms with van der Waals surface area (Å²) in [4.78, 5) is 25.5. The highest BCUT2D eigenvalue weighted by Gasteiger charge is 2.28. The molecule has 1 aromatic heterocycles. The van der Waals surface area contributed by atoms with Gasteiger partial charge in [0.1, 0.15) is 0 Å². The highest BCUT2D eigenvalue weighted by Crippen LogP contribution is 2.52. The molecular weight excluding hydrogens is 553 g/mol. The average Bonchev–Trinajstić information content (AvgIpc) is 2.98. The first-order valence-corrected chi connectivity index (χ1v) is 16.3. The molecule has 0 unspecified atom stereocenters. The maximum absolute atomic E-state index is 12.7. The Morgan fingerprint density at radius 1 is 1.02 bits per heavy atom. The molecule has 3 aliphatic rings. The lowest BCUT2D eigenvalue weighted by molar-refractivity contribution is 0.0817. The molecule has 2 N–H and O–H groups in total. The van der Waals surface area contributed by atoms with E-state index in [0.717, 1.165) is 42.3 Å². The van der Waals surface area contributed by atoms with Crippen LogP contribution in [0.4, 0.5) is 11.4 Å². The van der Waals surface area contributed by atoms with Crippen LogP contribution in [0.25, 0.3) is 11.3 Å². The Morgan fingerprint density at radius 3 is 2.61 bits per heavy atom. The van der Waals surface area contributed by atoms with Crippen molar-refractivity contribution in [1.82, 2.24) is 9.88 Å². The molecule has 2 fully saturated rings. The van der Waals surface area contributed by atoms with Gasteiger partial charge in [0, 0.05) is 81.4 Å². The third-order valence-electron chi connectivity index (χ3n) is 8.40. The lowest BCUT2D eigenvalue weighted by atomic mass is 9.97. The van der Waals surface area contributed by atoms with E-state index in [0.29, 0.717) is 31.9 Å². The first-order chi connectivity index (χ1) is 20.0. The van der Waals surface area contributed by atoms with Crippen molar-refractivity contribution >= 4 is 34.9 Å². The fourth-order valence-corrected chi connectivity index (χ4v) is 8.66. The van der Waals surface area contributed by atoms with Gasteiger partial charge in [-0.15, -0.1) is 0 Å². The van der Waals surface area contributed by atoms with Gasteiger partial charge in [0.05, 0.1) is 31.6 Å². The molecule has 0 aliphatic carbocycles. The fraction of sp³-hybridized carbons (Fsp3) is 0.469. The van der Waals surface area contributed by atoms with Crippen molar-refractivity contribution in [3.05, 3.63) is 58.9 Å². The van der Waals surface area contributed by atoms with E-state index in [1.807, 2.05) is 0 Å². The topological polar surface area (TPSA) is 69.8 Å². The van der Waals surface area contributed by atoms with E-state index in [2.05, 4.69) is 76.4 Å². The molecule has 4 heterocycles. The average molecular weight is 593 g/mol. The molecule has 2 saturated heterocycles. The molecule has 0 radical (unpaired) electrons. The van der Waals surface area contributed by atoms with Gasteiger partial charge >= 0.3 is 0 Å². The van der Waals surface area contributed by atoms with E-state index in [-0.39, 0.29) is 11.6 Å². The summed E-state index contributed by atoms with van der Waals surface area (Å²) in [5.41, 5.74) is 3.91. The highest BCUT2D eigenvalue weighted by atomic mass is 32.2. The van der Waals surface area contributed by atoms with Crippen LogP contribution >= 0.6 is 23.5 Å². The standard InChI is InChI=1S/C32H40N4O3S2/c1-21-6-4-7-22(2)36(21)19-24(20-38-3)33-23-10-11-28-30(16-23)40-29-9-5-8-26(32(29)41-28)27-17-25(18-31(37)34-27)35-12-14-39-15-13-35/h5,8-11,16-18,21-22,24,33H,4,6-7,12-15,19-20H2,1-3H3,(H,34,37)/t21-,22+,24-/m0/s1. The van der Waals surface area contributed by atoms with Crippen molar-refractivity contribution < 1.29 is 9.47 Å². The molecular formula is C32H40N4O3S2. The van der Waals surface area contributed by atoms with Crippen LogP contribution in [0.5, 0.6) is 0 Å². The minimum absolute atomic E-state index is 0.0786. The molecule has 3 aliphatic heterocycles. The number of pyridine rings is 1. The quantitative estimate of drug-likeness (QED) is 0.251. The maximum atomic E-state index is 12.7. The van der Waals surface area contributed by atoms with Crippen LogP contribution in [-0.2, 0) is 9.47 Å². The van der Waals surface area contributed by atoms with Gasteiger partial charge in [-0.1, -0.05) is 42.1 Å². The normalized spacial score (nSPS) is 21.7. The number of fused-ring (bicyclic) bond motifs is 2. The van der Waals surface area contributed by atoms with Gasteiger partial charge in [0.15, 0.2) is 0 Å². The van der Waals surface area contributed by atoms with Gasteiger partial charge in [-0.05, 0) is 57.0 Å². The van der Waals surface area contributed by atoms with Crippen molar-refractivity contribution in [2.75, 3.05) is 56.8 Å². The third-order valence-corrected chi connectivity index (χ3v) is 11.0. The van der Waals surface area contributed by atoms with Crippen LogP contribution in [-0.4, -0.2) is 74.6 Å². The van der Waals surface area contributed by atoms with Gasteiger partial charge in [-0.25, -0.2) is 0 Å². The first kappa shape index (κ1) is 28.7. The number of hydrogen-bond acceptors (Lipinski definition) is 8. The van der Waals surface area contributed by atoms with Crippen molar-refractivity contribution in [3.63, 3.8) is 0 Å². The lowest BCUT2D eigenvalue weighted by Gasteiger charge is -2.41. The fourth-order valence-electron chi connectivity index (χ4n) is 6.25. The van der Waals surface area contributed by atoms with Crippen LogP contribution in [0.1, 0.15) is 33.1 Å². The first-order valence-electron chi connectivity index (χ1n) is 14.7. The van der Waals surface area contributed by atoms with Crippen LogP contribution < -0.4 is 15.8 Å². The highest BCUT2D eigenvalue weighted by molar-refractivity contribution is 8.05. The monoisotopic (exact) mass is 592 g/mol. The van der Waals surface area contributed by atoms with Crippen molar-refractivity contribution in [2.24, 2.45) is 0 Å². The zero-order valence-corrected chi connectivity index (χ0v) is 25.8. The second-order valence-electron chi connectivity index (χ2n) is 11.3. The number of ether oxygens (including phenoxy) is 2. The number of benzene rings is 2. The van der Waals surface area contributed by atoms with E-state index in [4.69, 9.17) is 9.47 Å². The van der Waals surface area contributed by atoms with Gasteiger partial charge in [0.2, 0.25) is 5.56 Å². The van der Waals surface area contributed by atoms with Crippen molar-refractivity contribution in [3.8, 4) is 11.3 Å². The zero-order valence-electron chi connectivity index (χ0n) is 24.2. The Hall–Kier alpha value is -2.43. The van der Waals surface area contributed by atoms with Gasteiger partial charge in [-0.3, -0.25) is 9.69 Å². The minimum Gasteiger partial charge on any atom is -0.383 e. The Balaban J connectivity index is 1.22. The smallest absolute Gasteiger partial charge is 0.250 e. The predicted octanol–water partition coefficient (Wildman–Crippen LogP) is 6.18. The van der Waals surface area contributed by atoms with Crippen LogP contribution in [0, 0.1) is 0 Å². The molecule has 2 aromatic carbocycles. The summed E-state index contributed by atoms with van der Waals surface area (Å²) in [5, 5.41) is 3.78. The molecule has 0 spiro atoms. The lowest BCUT2D eigenvalue weighted by Crippen LogP contribution is -2.49. The van der Waals surface area contributed by atoms with Gasteiger partial charge in [0.25, 0.3) is 0 Å². The molecule has 0 saturated carbocycles. The van der Waals surface area contributed by atoms with Crippen LogP contribution in [0.15, 0.2) is 72.9 Å². The van der Waals surface area contributed by atoms with Gasteiger partial charge < -0.3 is 24.7 Å². The number of likely N-dealkylation sites (tertiary alicyclic amines) is 1. The maximum Gasteiger partial charge on any atom is 0.250 e. The third kappa shape index (κ3) is 6.49. The van der Waals surface area contributed by atoms with E-state index in [9.17, 15) is 4.79 Å². The van der Waals surface area contributed by atoms with E-state index in [1.54, 1.807) is 36.7 Å². The Labute approximate surface area is 251 Å². The molecule has 0 bridgehead atoms. The number of nitrogens with zero attached hydrogens (tertiary/aromatic N) is 2. The molecule has 3 atom stereocenters. The number of aromatic nitrogens is 1. The molecule has 3 aromatic rings.